The Morgan fingerprint density at radius 1 is 1.10 bits per heavy atom. The Morgan fingerprint density at radius 3 is 2.58 bits per heavy atom. The molecule has 2 aromatic rings. The third kappa shape index (κ3) is 5.35. The molecule has 2 aromatic carbocycles. The van der Waals surface area contributed by atoms with E-state index >= 15 is 0 Å². The Hall–Kier alpha value is -3.06. The number of morpholine rings is 1. The van der Waals surface area contributed by atoms with Crippen molar-refractivity contribution < 1.29 is 23.8 Å². The van der Waals surface area contributed by atoms with E-state index in [2.05, 4.69) is 5.32 Å². The Balaban J connectivity index is 1.28. The van der Waals surface area contributed by atoms with Crippen molar-refractivity contribution in [1.82, 2.24) is 4.90 Å². The lowest BCUT2D eigenvalue weighted by molar-refractivity contribution is -0.134. The summed E-state index contributed by atoms with van der Waals surface area (Å²) >= 11 is 0. The zero-order valence-electron chi connectivity index (χ0n) is 18.0. The van der Waals surface area contributed by atoms with Gasteiger partial charge in [0.2, 0.25) is 5.91 Å². The molecule has 2 aliphatic rings. The fraction of sp³-hybridized carbons (Fsp3) is 0.417. The van der Waals surface area contributed by atoms with E-state index in [0.717, 1.165) is 23.3 Å². The van der Waals surface area contributed by atoms with Gasteiger partial charge in [-0.15, -0.1) is 0 Å². The van der Waals surface area contributed by atoms with Crippen LogP contribution in [0.5, 0.6) is 11.5 Å². The first-order valence-corrected chi connectivity index (χ1v) is 10.6. The molecule has 0 spiro atoms. The summed E-state index contributed by atoms with van der Waals surface area (Å²) < 4.78 is 17.0. The van der Waals surface area contributed by atoms with Crippen LogP contribution in [0.25, 0.3) is 0 Å². The quantitative estimate of drug-likeness (QED) is 0.772. The first-order chi connectivity index (χ1) is 14.9. The zero-order valence-corrected chi connectivity index (χ0v) is 18.0. The summed E-state index contributed by atoms with van der Waals surface area (Å²) in [5.74, 6) is 1.13. The van der Waals surface area contributed by atoms with Crippen molar-refractivity contribution in [3.05, 3.63) is 53.6 Å². The third-order valence-electron chi connectivity index (χ3n) is 5.37. The molecule has 0 bridgehead atoms. The normalized spacial score (nSPS) is 16.9. The van der Waals surface area contributed by atoms with Crippen LogP contribution in [0.4, 0.5) is 5.69 Å². The van der Waals surface area contributed by atoms with Gasteiger partial charge in [-0.2, -0.15) is 0 Å². The van der Waals surface area contributed by atoms with Crippen LogP contribution in [-0.4, -0.2) is 55.2 Å². The number of hydrogen-bond donors (Lipinski definition) is 1. The number of para-hydroxylation sites is 1. The van der Waals surface area contributed by atoms with Gasteiger partial charge in [-0.05, 0) is 37.6 Å². The number of hydrogen-bond acceptors (Lipinski definition) is 5. The lowest BCUT2D eigenvalue weighted by Gasteiger charge is -2.26. The summed E-state index contributed by atoms with van der Waals surface area (Å²) in [4.78, 5) is 26.5. The lowest BCUT2D eigenvalue weighted by atomic mass is 10.0. The van der Waals surface area contributed by atoms with Crippen LogP contribution >= 0.6 is 0 Å². The summed E-state index contributed by atoms with van der Waals surface area (Å²) in [6, 6.07) is 13.0. The van der Waals surface area contributed by atoms with Crippen molar-refractivity contribution in [2.45, 2.75) is 32.3 Å². The second kappa shape index (κ2) is 8.98. The van der Waals surface area contributed by atoms with Gasteiger partial charge in [0.1, 0.15) is 5.60 Å². The number of rotatable bonds is 6. The molecular weight excluding hydrogens is 396 g/mol. The van der Waals surface area contributed by atoms with E-state index in [0.29, 0.717) is 44.2 Å². The highest BCUT2D eigenvalue weighted by molar-refractivity contribution is 5.92. The molecule has 4 rings (SSSR count). The first kappa shape index (κ1) is 21.2. The number of amides is 2. The van der Waals surface area contributed by atoms with Gasteiger partial charge in [-0.25, -0.2) is 0 Å². The highest BCUT2D eigenvalue weighted by Crippen LogP contribution is 2.41. The molecule has 1 N–H and O–H groups in total. The van der Waals surface area contributed by atoms with Crippen molar-refractivity contribution in [3.8, 4) is 11.5 Å². The van der Waals surface area contributed by atoms with Crippen LogP contribution in [0.3, 0.4) is 0 Å². The molecule has 1 fully saturated rings. The van der Waals surface area contributed by atoms with Crippen molar-refractivity contribution in [3.63, 3.8) is 0 Å². The fourth-order valence-corrected chi connectivity index (χ4v) is 3.85. The minimum Gasteiger partial charge on any atom is -0.483 e. The molecule has 0 saturated carbocycles. The van der Waals surface area contributed by atoms with Gasteiger partial charge in [0.15, 0.2) is 18.1 Å². The van der Waals surface area contributed by atoms with Crippen LogP contribution in [0, 0.1) is 0 Å². The summed E-state index contributed by atoms with van der Waals surface area (Å²) in [5.41, 5.74) is 2.39. The Bertz CT molecular complexity index is 949. The van der Waals surface area contributed by atoms with E-state index < -0.39 is 0 Å². The fourth-order valence-electron chi connectivity index (χ4n) is 3.85. The molecule has 0 aromatic heterocycles. The van der Waals surface area contributed by atoms with Gasteiger partial charge in [0, 0.05) is 30.8 Å². The second-order valence-corrected chi connectivity index (χ2v) is 8.49. The molecule has 0 atom stereocenters. The number of carbonyl (C=O) groups is 2. The number of fused-ring (bicyclic) bond motifs is 1. The van der Waals surface area contributed by atoms with E-state index in [-0.39, 0.29) is 24.0 Å². The number of carbonyl (C=O) groups excluding carboxylic acids is 2. The number of nitrogens with one attached hydrogen (secondary N) is 1. The van der Waals surface area contributed by atoms with Crippen molar-refractivity contribution in [2.24, 2.45) is 0 Å². The average molecular weight is 424 g/mol. The van der Waals surface area contributed by atoms with Crippen molar-refractivity contribution in [1.29, 1.82) is 0 Å². The van der Waals surface area contributed by atoms with E-state index in [9.17, 15) is 9.59 Å². The van der Waals surface area contributed by atoms with E-state index in [1.54, 1.807) is 12.1 Å². The number of anilines is 1. The number of ether oxygens (including phenoxy) is 3. The molecule has 7 nitrogen and oxygen atoms in total. The molecule has 164 valence electrons. The predicted molar refractivity (Wildman–Crippen MR) is 117 cm³/mol. The maximum Gasteiger partial charge on any atom is 0.262 e. The third-order valence-corrected chi connectivity index (χ3v) is 5.37. The van der Waals surface area contributed by atoms with Crippen molar-refractivity contribution >= 4 is 17.5 Å². The monoisotopic (exact) mass is 424 g/mol. The number of nitrogens with zero attached hydrogens (tertiary/aromatic N) is 1. The minimum absolute atomic E-state index is 0.0919. The van der Waals surface area contributed by atoms with Gasteiger partial charge < -0.3 is 24.4 Å². The largest absolute Gasteiger partial charge is 0.483 e. The topological polar surface area (TPSA) is 77.1 Å². The van der Waals surface area contributed by atoms with Crippen LogP contribution in [0.15, 0.2) is 42.5 Å². The Labute approximate surface area is 182 Å². The molecule has 2 aliphatic heterocycles. The molecule has 2 heterocycles. The van der Waals surface area contributed by atoms with Gasteiger partial charge in [-0.3, -0.25) is 9.59 Å². The smallest absolute Gasteiger partial charge is 0.262 e. The van der Waals surface area contributed by atoms with E-state index in [4.69, 9.17) is 14.2 Å². The van der Waals surface area contributed by atoms with Gasteiger partial charge in [0.25, 0.3) is 5.91 Å². The molecular formula is C24H28N2O5. The maximum atomic E-state index is 12.3. The molecule has 2 amide bonds. The molecule has 0 radical (unpaired) electrons. The van der Waals surface area contributed by atoms with Gasteiger partial charge >= 0.3 is 0 Å². The van der Waals surface area contributed by atoms with Crippen LogP contribution in [0.1, 0.15) is 25.0 Å². The maximum absolute atomic E-state index is 12.3. The van der Waals surface area contributed by atoms with Crippen LogP contribution in [-0.2, 0) is 27.2 Å². The second-order valence-electron chi connectivity index (χ2n) is 8.49. The van der Waals surface area contributed by atoms with Gasteiger partial charge in [-0.1, -0.05) is 24.3 Å². The van der Waals surface area contributed by atoms with Crippen molar-refractivity contribution in [2.75, 3.05) is 38.2 Å². The van der Waals surface area contributed by atoms with Gasteiger partial charge in [0.05, 0.1) is 19.6 Å². The molecule has 1 saturated heterocycles. The Kier molecular flexibility index (Phi) is 6.13. The summed E-state index contributed by atoms with van der Waals surface area (Å²) in [7, 11) is 0. The Morgan fingerprint density at radius 2 is 1.84 bits per heavy atom. The van der Waals surface area contributed by atoms with E-state index in [1.807, 2.05) is 49.1 Å². The lowest BCUT2D eigenvalue weighted by Crippen LogP contribution is -2.41. The zero-order chi connectivity index (χ0) is 21.8. The summed E-state index contributed by atoms with van der Waals surface area (Å²) in [5, 5.41) is 2.82. The average Bonchev–Trinajstić information content (AvgIpc) is 3.08. The SMILES string of the molecule is CC1(C)Cc2cccc(OCC(=O)Nc3ccc(CC(=O)N4CCOCC4)cc3)c2O1. The van der Waals surface area contributed by atoms with Crippen LogP contribution in [0.2, 0.25) is 0 Å². The van der Waals surface area contributed by atoms with E-state index in [1.165, 1.54) is 0 Å². The predicted octanol–water partition coefficient (Wildman–Crippen LogP) is 2.82. The minimum atomic E-state index is -0.269. The molecule has 0 unspecified atom stereocenters. The number of benzene rings is 2. The summed E-state index contributed by atoms with van der Waals surface area (Å²) in [6.45, 7) is 6.41. The highest BCUT2D eigenvalue weighted by atomic mass is 16.5. The highest BCUT2D eigenvalue weighted by Gasteiger charge is 2.32. The summed E-state index contributed by atoms with van der Waals surface area (Å²) in [6.07, 6.45) is 1.15. The molecule has 7 heteroatoms. The molecule has 31 heavy (non-hydrogen) atoms. The van der Waals surface area contributed by atoms with Crippen LogP contribution < -0.4 is 14.8 Å². The first-order valence-electron chi connectivity index (χ1n) is 10.6. The standard InChI is InChI=1S/C24H28N2O5/c1-24(2)15-18-4-3-5-20(23(18)31-24)30-16-21(27)25-19-8-6-17(7-9-19)14-22(28)26-10-12-29-13-11-26/h3-9H,10-16H2,1-2H3,(H,25,27). The molecule has 0 aliphatic carbocycles.